The van der Waals surface area contributed by atoms with Gasteiger partial charge in [-0.1, -0.05) is 29.8 Å². The third kappa shape index (κ3) is 8.64. The predicted octanol–water partition coefficient (Wildman–Crippen LogP) is 5.38. The maximum atomic E-state index is 13.4. The number of hydrogen-bond acceptors (Lipinski definition) is 12. The minimum absolute atomic E-state index is 0.0605. The Bertz CT molecular complexity index is 2070. The third-order valence-corrected chi connectivity index (χ3v) is 11.0. The average Bonchev–Trinajstić information content (AvgIpc) is 3.92. The molecule has 2 aromatic carbocycles. The van der Waals surface area contributed by atoms with Gasteiger partial charge in [-0.15, -0.1) is 0 Å². The van der Waals surface area contributed by atoms with E-state index in [-0.39, 0.29) is 60.4 Å². The topological polar surface area (TPSA) is 162 Å². The van der Waals surface area contributed by atoms with E-state index in [2.05, 4.69) is 27.9 Å². The number of benzene rings is 2. The summed E-state index contributed by atoms with van der Waals surface area (Å²) in [4.78, 5) is 63.5. The molecule has 2 aromatic rings. The number of amides is 2. The normalized spacial score (nSPS) is 22.6. The van der Waals surface area contributed by atoms with Crippen LogP contribution in [0.1, 0.15) is 46.0 Å². The fourth-order valence-electron chi connectivity index (χ4n) is 7.13. The fourth-order valence-corrected chi connectivity index (χ4v) is 8.12. The van der Waals surface area contributed by atoms with Gasteiger partial charge in [-0.05, 0) is 65.8 Å². The average molecular weight is 900 g/mol. The molecule has 0 spiro atoms. The van der Waals surface area contributed by atoms with Gasteiger partial charge in [0.15, 0.2) is 17.3 Å². The number of carbonyl (C=O) groups excluding carboxylic acids is 5. The van der Waals surface area contributed by atoms with Gasteiger partial charge in [-0.3, -0.25) is 29.3 Å². The van der Waals surface area contributed by atoms with E-state index in [1.165, 1.54) is 6.08 Å². The Morgan fingerprint density at radius 2 is 1.57 bits per heavy atom. The number of halogens is 2. The lowest BCUT2D eigenvalue weighted by molar-refractivity contribution is -0.135. The van der Waals surface area contributed by atoms with Crippen LogP contribution in [0.3, 0.4) is 0 Å². The Hall–Kier alpha value is -4.35. The van der Waals surface area contributed by atoms with Gasteiger partial charge in [0.25, 0.3) is 0 Å². The van der Waals surface area contributed by atoms with Gasteiger partial charge in [0.1, 0.15) is 42.3 Å². The Morgan fingerprint density at radius 1 is 0.857 bits per heavy atom. The monoisotopic (exact) mass is 899 g/mol. The lowest BCUT2D eigenvalue weighted by Crippen LogP contribution is -2.40. The summed E-state index contributed by atoms with van der Waals surface area (Å²) in [5.41, 5.74) is 1.95. The minimum atomic E-state index is -0.734. The molecule has 0 aromatic heterocycles. The number of allylic oxidation sites excluding steroid dienone is 3. The lowest BCUT2D eigenvalue weighted by atomic mass is 9.86. The molecule has 0 radical (unpaired) electrons. The molecule has 4 unspecified atom stereocenters. The summed E-state index contributed by atoms with van der Waals surface area (Å²) in [5, 5.41) is 2.69. The second kappa shape index (κ2) is 17.8. The van der Waals surface area contributed by atoms with Crippen LogP contribution in [0.4, 0.5) is 0 Å². The third-order valence-electron chi connectivity index (χ3n) is 9.79. The minimum Gasteiger partial charge on any atom is -0.493 e. The van der Waals surface area contributed by atoms with E-state index in [9.17, 15) is 24.0 Å². The predicted molar refractivity (Wildman–Crippen MR) is 210 cm³/mol. The van der Waals surface area contributed by atoms with E-state index < -0.39 is 29.8 Å². The number of hydrogen-bond donors (Lipinski definition) is 1. The quantitative estimate of drug-likeness (QED) is 0.116. The number of ketones is 3. The molecule has 294 valence electrons. The maximum absolute atomic E-state index is 13.4. The molecule has 5 aliphatic rings. The zero-order valence-electron chi connectivity index (χ0n) is 30.4. The van der Waals surface area contributed by atoms with Crippen molar-refractivity contribution in [1.82, 2.24) is 5.32 Å². The molecule has 7 rings (SSSR count). The summed E-state index contributed by atoms with van der Waals surface area (Å²) in [6, 6.07) is 10.1. The van der Waals surface area contributed by atoms with Crippen molar-refractivity contribution in [3.63, 3.8) is 0 Å². The molecule has 56 heavy (non-hydrogen) atoms. The largest absolute Gasteiger partial charge is 0.493 e. The van der Waals surface area contributed by atoms with Crippen LogP contribution in [0.2, 0.25) is 5.02 Å². The fraction of sp³-hybridized carbons (Fsp3) is 0.390. The molecule has 13 nitrogen and oxygen atoms in total. The van der Waals surface area contributed by atoms with Gasteiger partial charge in [0.2, 0.25) is 11.8 Å². The van der Waals surface area contributed by atoms with Crippen molar-refractivity contribution in [3.05, 3.63) is 96.8 Å². The van der Waals surface area contributed by atoms with E-state index in [0.29, 0.717) is 91.0 Å². The number of carbonyl (C=O) groups is 5. The van der Waals surface area contributed by atoms with Crippen molar-refractivity contribution in [2.45, 2.75) is 25.9 Å². The van der Waals surface area contributed by atoms with Crippen molar-refractivity contribution < 1.29 is 57.1 Å². The number of Topliss-reactive ketones (excluding diaryl/α,β-unsaturated/α-hetero) is 2. The van der Waals surface area contributed by atoms with Crippen LogP contribution in [0.5, 0.6) is 11.5 Å². The summed E-state index contributed by atoms with van der Waals surface area (Å²) in [7, 11) is 0. The first kappa shape index (κ1) is 39.9. The lowest BCUT2D eigenvalue weighted by Gasteiger charge is -2.31. The smallest absolute Gasteiger partial charge is 0.233 e. The van der Waals surface area contributed by atoms with E-state index in [1.807, 2.05) is 19.1 Å². The molecule has 0 bridgehead atoms. The van der Waals surface area contributed by atoms with E-state index in [0.717, 1.165) is 3.58 Å². The van der Waals surface area contributed by atoms with Crippen LogP contribution in [0.25, 0.3) is 5.76 Å². The van der Waals surface area contributed by atoms with Gasteiger partial charge in [-0.25, -0.2) is 0 Å². The van der Waals surface area contributed by atoms with Crippen molar-refractivity contribution in [3.8, 4) is 11.5 Å². The molecule has 0 saturated carbocycles. The van der Waals surface area contributed by atoms with Crippen LogP contribution in [-0.2, 0) is 38.1 Å². The molecule has 3 aliphatic carbocycles. The Morgan fingerprint density at radius 3 is 2.27 bits per heavy atom. The molecular formula is C41H39ClINO12. The second-order valence-corrected chi connectivity index (χ2v) is 14.9. The van der Waals surface area contributed by atoms with Gasteiger partial charge in [0, 0.05) is 35.3 Å². The Kier molecular flexibility index (Phi) is 12.7. The highest BCUT2D eigenvalue weighted by Gasteiger charge is 2.56. The first-order chi connectivity index (χ1) is 27.2. The van der Waals surface area contributed by atoms with Gasteiger partial charge in [0.05, 0.1) is 78.2 Å². The van der Waals surface area contributed by atoms with Gasteiger partial charge >= 0.3 is 0 Å². The molecule has 15 heteroatoms. The first-order valence-electron chi connectivity index (χ1n) is 18.4. The van der Waals surface area contributed by atoms with Crippen molar-refractivity contribution in [2.24, 2.45) is 17.8 Å². The summed E-state index contributed by atoms with van der Waals surface area (Å²) < 4.78 is 41.1. The standard InChI is InChI=1S/C41H39ClINO12/c1-2-53-33-21-32-26(19-28(33)43)29(45)20-31(56-32)23-7-6-22(18-27(23)42)54-16-14-51-12-10-50-11-13-52-15-17-55-30-5-3-4-24-35(30)40(48)38-36(37(38)39(24)47)25-8-9-34(46)44-41(25)49/h3-7,18-21,25-26,32,38H,2,8-17H2,1H3,(H,44,46,49). The van der Waals surface area contributed by atoms with Crippen molar-refractivity contribution in [2.75, 3.05) is 59.5 Å². The van der Waals surface area contributed by atoms with Crippen LogP contribution >= 0.6 is 34.2 Å². The molecule has 2 amide bonds. The zero-order valence-corrected chi connectivity index (χ0v) is 33.4. The Balaban J connectivity index is 0.755. The second-order valence-electron chi connectivity index (χ2n) is 13.4. The highest BCUT2D eigenvalue weighted by atomic mass is 127. The summed E-state index contributed by atoms with van der Waals surface area (Å²) >= 11 is 8.73. The number of imide groups is 1. The first-order valence-corrected chi connectivity index (χ1v) is 19.8. The number of rotatable bonds is 18. The van der Waals surface area contributed by atoms with E-state index in [1.54, 1.807) is 36.4 Å². The number of piperidine rings is 1. The molecule has 1 fully saturated rings. The van der Waals surface area contributed by atoms with Crippen LogP contribution in [0, 0.1) is 17.8 Å². The number of nitrogens with one attached hydrogen (secondary N) is 1. The summed E-state index contributed by atoms with van der Waals surface area (Å²) in [5.74, 6) is -1.28. The SMILES string of the molecule is CCOC1=CC2OC(c3ccc(OCCOCCOCCOCCOc4cccc5c4C(=O)C4C(=C4C4CCC(=O)NC4=O)C5=O)cc3Cl)=CC(=O)C2C=C1I. The van der Waals surface area contributed by atoms with E-state index >= 15 is 0 Å². The molecule has 2 aliphatic heterocycles. The summed E-state index contributed by atoms with van der Waals surface area (Å²) in [6.45, 7) is 4.79. The van der Waals surface area contributed by atoms with Crippen LogP contribution in [-0.4, -0.2) is 94.7 Å². The molecule has 1 saturated heterocycles. The van der Waals surface area contributed by atoms with Crippen LogP contribution < -0.4 is 14.8 Å². The van der Waals surface area contributed by atoms with E-state index in [4.69, 9.17) is 44.8 Å². The maximum Gasteiger partial charge on any atom is 0.233 e. The highest BCUT2D eigenvalue weighted by Crippen LogP contribution is 2.54. The van der Waals surface area contributed by atoms with Gasteiger partial charge in [-0.2, -0.15) is 0 Å². The van der Waals surface area contributed by atoms with Crippen LogP contribution in [0.15, 0.2) is 75.1 Å². The number of ether oxygens (including phenoxy) is 7. The summed E-state index contributed by atoms with van der Waals surface area (Å²) in [6.07, 6.45) is 5.16. The molecule has 1 N–H and O–H groups in total. The van der Waals surface area contributed by atoms with Gasteiger partial charge < -0.3 is 33.2 Å². The molecule has 2 heterocycles. The Labute approximate surface area is 341 Å². The molecular weight excluding hydrogens is 861 g/mol. The zero-order chi connectivity index (χ0) is 39.3. The van der Waals surface area contributed by atoms with Crippen molar-refractivity contribution >= 4 is 69.1 Å². The highest BCUT2D eigenvalue weighted by molar-refractivity contribution is 14.1. The molecule has 4 atom stereocenters. The number of fused-ring (bicyclic) bond motifs is 3. The van der Waals surface area contributed by atoms with Crippen molar-refractivity contribution in [1.29, 1.82) is 0 Å².